The highest BCUT2D eigenvalue weighted by molar-refractivity contribution is 6.31. The van der Waals surface area contributed by atoms with Crippen LogP contribution in [0.2, 0.25) is 5.02 Å². The van der Waals surface area contributed by atoms with Gasteiger partial charge in [-0.2, -0.15) is 0 Å². The lowest BCUT2D eigenvalue weighted by Crippen LogP contribution is -2.06. The Labute approximate surface area is 106 Å². The molecule has 0 amide bonds. The molecule has 17 heavy (non-hydrogen) atoms. The van der Waals surface area contributed by atoms with Crippen LogP contribution in [0.1, 0.15) is 25.6 Å². The number of imidazole rings is 1. The molecular formula is C12H17ClN4. The molecule has 0 unspecified atom stereocenters. The number of aryl methyl sites for hydroxylation is 2. The second-order valence-corrected chi connectivity index (χ2v) is 4.46. The first-order chi connectivity index (χ1) is 8.26. The number of unbranched alkanes of at least 4 members (excludes halogenated alkanes) is 1. The molecule has 2 aromatic rings. The summed E-state index contributed by atoms with van der Waals surface area (Å²) < 4.78 is 2.17. The van der Waals surface area contributed by atoms with Crippen molar-refractivity contribution in [3.63, 3.8) is 0 Å². The number of pyridine rings is 1. The fraction of sp³-hybridized carbons (Fsp3) is 0.500. The predicted octanol–water partition coefficient (Wildman–Crippen LogP) is 2.39. The maximum absolute atomic E-state index is 5.92. The van der Waals surface area contributed by atoms with E-state index in [2.05, 4.69) is 21.5 Å². The van der Waals surface area contributed by atoms with Gasteiger partial charge >= 0.3 is 0 Å². The smallest absolute Gasteiger partial charge is 0.160 e. The SMILES string of the molecule is CCc1nc2cc(Cl)cnc2n1CCCCN. The van der Waals surface area contributed by atoms with Gasteiger partial charge in [-0.25, -0.2) is 9.97 Å². The Morgan fingerprint density at radius 3 is 2.94 bits per heavy atom. The molecular weight excluding hydrogens is 236 g/mol. The van der Waals surface area contributed by atoms with E-state index in [4.69, 9.17) is 17.3 Å². The maximum atomic E-state index is 5.92. The van der Waals surface area contributed by atoms with E-state index >= 15 is 0 Å². The molecule has 0 atom stereocenters. The van der Waals surface area contributed by atoms with Crippen molar-refractivity contribution in [3.05, 3.63) is 23.1 Å². The Hall–Kier alpha value is -1.13. The fourth-order valence-electron chi connectivity index (χ4n) is 1.95. The van der Waals surface area contributed by atoms with Gasteiger partial charge in [0.05, 0.1) is 5.02 Å². The molecule has 0 saturated heterocycles. The topological polar surface area (TPSA) is 56.7 Å². The number of aromatic nitrogens is 3. The first-order valence-corrected chi connectivity index (χ1v) is 6.34. The molecule has 0 aliphatic rings. The van der Waals surface area contributed by atoms with Crippen LogP contribution in [0.25, 0.3) is 11.2 Å². The van der Waals surface area contributed by atoms with Gasteiger partial charge in [-0.1, -0.05) is 18.5 Å². The second-order valence-electron chi connectivity index (χ2n) is 4.03. The van der Waals surface area contributed by atoms with Crippen molar-refractivity contribution < 1.29 is 0 Å². The van der Waals surface area contributed by atoms with E-state index in [0.29, 0.717) is 5.02 Å². The number of fused-ring (bicyclic) bond motifs is 1. The number of nitrogens with zero attached hydrogens (tertiary/aromatic N) is 3. The van der Waals surface area contributed by atoms with Crippen LogP contribution >= 0.6 is 11.6 Å². The summed E-state index contributed by atoms with van der Waals surface area (Å²) >= 11 is 5.92. The zero-order chi connectivity index (χ0) is 12.3. The van der Waals surface area contributed by atoms with Gasteiger partial charge in [0, 0.05) is 19.2 Å². The van der Waals surface area contributed by atoms with Crippen LogP contribution in [0.4, 0.5) is 0 Å². The van der Waals surface area contributed by atoms with Gasteiger partial charge in [-0.3, -0.25) is 0 Å². The van der Waals surface area contributed by atoms with Gasteiger partial charge in [0.2, 0.25) is 0 Å². The van der Waals surface area contributed by atoms with Gasteiger partial charge in [0.15, 0.2) is 5.65 Å². The van der Waals surface area contributed by atoms with Crippen LogP contribution < -0.4 is 5.73 Å². The Morgan fingerprint density at radius 1 is 1.41 bits per heavy atom. The van der Waals surface area contributed by atoms with Crippen molar-refractivity contribution in [2.45, 2.75) is 32.7 Å². The summed E-state index contributed by atoms with van der Waals surface area (Å²) in [5.74, 6) is 1.06. The van der Waals surface area contributed by atoms with Crippen LogP contribution in [0.5, 0.6) is 0 Å². The number of halogens is 1. The Balaban J connectivity index is 2.36. The summed E-state index contributed by atoms with van der Waals surface area (Å²) in [5.41, 5.74) is 7.31. The molecule has 2 N–H and O–H groups in total. The molecule has 2 heterocycles. The molecule has 2 rings (SSSR count). The lowest BCUT2D eigenvalue weighted by Gasteiger charge is -2.06. The molecule has 0 spiro atoms. The minimum Gasteiger partial charge on any atom is -0.330 e. The summed E-state index contributed by atoms with van der Waals surface area (Å²) in [5, 5.41) is 0.631. The van der Waals surface area contributed by atoms with Gasteiger partial charge in [0.1, 0.15) is 11.3 Å². The van der Waals surface area contributed by atoms with Crippen molar-refractivity contribution in [1.29, 1.82) is 0 Å². The van der Waals surface area contributed by atoms with Gasteiger partial charge in [-0.05, 0) is 25.5 Å². The molecule has 5 heteroatoms. The third-order valence-electron chi connectivity index (χ3n) is 2.78. The number of hydrogen-bond acceptors (Lipinski definition) is 3. The lowest BCUT2D eigenvalue weighted by molar-refractivity contribution is 0.602. The standard InChI is InChI=1S/C12H17ClN4/c1-2-11-16-10-7-9(13)8-15-12(10)17(11)6-4-3-5-14/h7-8H,2-6,14H2,1H3. The molecule has 0 bridgehead atoms. The van der Waals surface area contributed by atoms with Crippen molar-refractivity contribution in [3.8, 4) is 0 Å². The second kappa shape index (κ2) is 5.47. The summed E-state index contributed by atoms with van der Waals surface area (Å²) in [6, 6.07) is 1.86. The molecule has 2 aromatic heterocycles. The van der Waals surface area contributed by atoms with Gasteiger partial charge in [0.25, 0.3) is 0 Å². The third kappa shape index (κ3) is 2.58. The van der Waals surface area contributed by atoms with E-state index < -0.39 is 0 Å². The third-order valence-corrected chi connectivity index (χ3v) is 2.99. The van der Waals surface area contributed by atoms with E-state index in [1.165, 1.54) is 0 Å². The lowest BCUT2D eigenvalue weighted by atomic mass is 10.3. The van der Waals surface area contributed by atoms with E-state index in [0.717, 1.165) is 49.3 Å². The number of nitrogens with two attached hydrogens (primary N) is 1. The van der Waals surface area contributed by atoms with E-state index in [9.17, 15) is 0 Å². The largest absolute Gasteiger partial charge is 0.330 e. The predicted molar refractivity (Wildman–Crippen MR) is 70.2 cm³/mol. The quantitative estimate of drug-likeness (QED) is 0.832. The molecule has 0 radical (unpaired) electrons. The van der Waals surface area contributed by atoms with Crippen molar-refractivity contribution >= 4 is 22.8 Å². The van der Waals surface area contributed by atoms with Gasteiger partial charge < -0.3 is 10.3 Å². The van der Waals surface area contributed by atoms with Crippen LogP contribution in [0, 0.1) is 0 Å². The molecule has 4 nitrogen and oxygen atoms in total. The monoisotopic (exact) mass is 252 g/mol. The fourth-order valence-corrected chi connectivity index (χ4v) is 2.10. The zero-order valence-corrected chi connectivity index (χ0v) is 10.7. The summed E-state index contributed by atoms with van der Waals surface area (Å²) in [6.07, 6.45) is 4.65. The minimum absolute atomic E-state index is 0.631. The van der Waals surface area contributed by atoms with Gasteiger partial charge in [-0.15, -0.1) is 0 Å². The molecule has 0 aromatic carbocycles. The van der Waals surface area contributed by atoms with E-state index in [1.54, 1.807) is 6.20 Å². The van der Waals surface area contributed by atoms with Crippen molar-refractivity contribution in [1.82, 2.24) is 14.5 Å². The number of hydrogen-bond donors (Lipinski definition) is 1. The van der Waals surface area contributed by atoms with Crippen LogP contribution in [-0.2, 0) is 13.0 Å². The zero-order valence-electron chi connectivity index (χ0n) is 9.99. The average molecular weight is 253 g/mol. The Morgan fingerprint density at radius 2 is 2.24 bits per heavy atom. The van der Waals surface area contributed by atoms with Crippen LogP contribution in [-0.4, -0.2) is 21.1 Å². The average Bonchev–Trinajstić information content (AvgIpc) is 2.67. The first-order valence-electron chi connectivity index (χ1n) is 5.97. The molecule has 0 aliphatic carbocycles. The van der Waals surface area contributed by atoms with E-state index in [1.807, 2.05) is 6.07 Å². The summed E-state index contributed by atoms with van der Waals surface area (Å²) in [4.78, 5) is 8.92. The van der Waals surface area contributed by atoms with E-state index in [-0.39, 0.29) is 0 Å². The maximum Gasteiger partial charge on any atom is 0.160 e. The van der Waals surface area contributed by atoms with Crippen molar-refractivity contribution in [2.24, 2.45) is 5.73 Å². The highest BCUT2D eigenvalue weighted by Crippen LogP contribution is 2.19. The molecule has 0 saturated carbocycles. The highest BCUT2D eigenvalue weighted by atomic mass is 35.5. The highest BCUT2D eigenvalue weighted by Gasteiger charge is 2.10. The molecule has 0 aliphatic heterocycles. The first kappa shape index (κ1) is 12.3. The number of rotatable bonds is 5. The Bertz CT molecular complexity index is 506. The van der Waals surface area contributed by atoms with Crippen LogP contribution in [0.3, 0.4) is 0 Å². The Kier molecular flexibility index (Phi) is 3.97. The summed E-state index contributed by atoms with van der Waals surface area (Å²) in [7, 11) is 0. The molecule has 0 fully saturated rings. The van der Waals surface area contributed by atoms with Crippen LogP contribution in [0.15, 0.2) is 12.3 Å². The van der Waals surface area contributed by atoms with Crippen molar-refractivity contribution in [2.75, 3.05) is 6.54 Å². The molecule has 92 valence electrons. The summed E-state index contributed by atoms with van der Waals surface area (Å²) in [6.45, 7) is 3.75. The normalized spacial score (nSPS) is 11.2. The minimum atomic E-state index is 0.631.